The fraction of sp³-hybridized carbons (Fsp3) is 0.263. The van der Waals surface area contributed by atoms with Gasteiger partial charge in [0.05, 0.1) is 11.9 Å². The van der Waals surface area contributed by atoms with E-state index in [0.717, 1.165) is 6.07 Å². The van der Waals surface area contributed by atoms with Gasteiger partial charge in [0, 0.05) is 17.6 Å². The number of phenols is 2. The van der Waals surface area contributed by atoms with Gasteiger partial charge < -0.3 is 36.2 Å². The number of amides is 1. The van der Waals surface area contributed by atoms with Crippen molar-refractivity contribution in [2.45, 2.75) is 24.5 Å². The molecule has 168 valence electrons. The van der Waals surface area contributed by atoms with Gasteiger partial charge in [-0.05, 0) is 6.07 Å². The van der Waals surface area contributed by atoms with Crippen LogP contribution in [0.5, 0.6) is 11.5 Å². The number of aliphatic hydroxyl groups is 2. The van der Waals surface area contributed by atoms with Crippen molar-refractivity contribution in [2.24, 2.45) is 0 Å². The number of aliphatic hydroxyl groups excluding tert-OH is 2. The number of aromatic hydroxyl groups is 2. The lowest BCUT2D eigenvalue weighted by Crippen LogP contribution is -2.31. The summed E-state index contributed by atoms with van der Waals surface area (Å²) in [6.45, 7) is 0.0106. The summed E-state index contributed by atoms with van der Waals surface area (Å²) in [6, 6.07) is 2.32. The second kappa shape index (κ2) is 8.59. The summed E-state index contributed by atoms with van der Waals surface area (Å²) < 4.78 is 7.20. The lowest BCUT2D eigenvalue weighted by atomic mass is 10.1. The summed E-state index contributed by atoms with van der Waals surface area (Å²) in [7, 11) is 0. The predicted molar refractivity (Wildman–Crippen MR) is 112 cm³/mol. The number of ether oxygens (including phenoxy) is 1. The van der Waals surface area contributed by atoms with Gasteiger partial charge in [0.15, 0.2) is 29.2 Å². The molecule has 1 aromatic carbocycles. The molecule has 3 heterocycles. The fourth-order valence-corrected chi connectivity index (χ4v) is 3.55. The van der Waals surface area contributed by atoms with Crippen LogP contribution in [0.2, 0.25) is 5.02 Å². The van der Waals surface area contributed by atoms with Crippen LogP contribution in [0.15, 0.2) is 36.9 Å². The Balaban J connectivity index is 1.42. The van der Waals surface area contributed by atoms with Crippen LogP contribution in [0.25, 0.3) is 11.2 Å². The Kier molecular flexibility index (Phi) is 5.84. The zero-order chi connectivity index (χ0) is 23.0. The van der Waals surface area contributed by atoms with Crippen LogP contribution in [0.1, 0.15) is 16.6 Å². The van der Waals surface area contributed by atoms with E-state index in [1.54, 1.807) is 0 Å². The molecule has 12 nitrogen and oxygen atoms in total. The zero-order valence-corrected chi connectivity index (χ0v) is 17.1. The molecule has 0 bridgehead atoms. The van der Waals surface area contributed by atoms with Crippen LogP contribution in [-0.4, -0.2) is 70.7 Å². The van der Waals surface area contributed by atoms with E-state index >= 15 is 0 Å². The van der Waals surface area contributed by atoms with Crippen LogP contribution in [0.3, 0.4) is 0 Å². The van der Waals surface area contributed by atoms with Crippen molar-refractivity contribution in [3.8, 4) is 11.5 Å². The predicted octanol–water partition coefficient (Wildman–Crippen LogP) is 0.0785. The maximum atomic E-state index is 12.2. The van der Waals surface area contributed by atoms with Crippen molar-refractivity contribution in [3.05, 3.63) is 47.5 Å². The summed E-state index contributed by atoms with van der Waals surface area (Å²) in [6.07, 6.45) is 1.24. The van der Waals surface area contributed by atoms with Crippen LogP contribution < -0.4 is 11.1 Å². The van der Waals surface area contributed by atoms with Crippen LogP contribution in [0, 0.1) is 0 Å². The van der Waals surface area contributed by atoms with Gasteiger partial charge in [-0.2, -0.15) is 0 Å². The number of hydrogen-bond acceptors (Lipinski definition) is 10. The lowest BCUT2D eigenvalue weighted by molar-refractivity contribution is -0.0245. The molecule has 3 aromatic rings. The number of nitrogen functional groups attached to an aromatic ring is 1. The molecule has 1 amide bonds. The molecule has 4 rings (SSSR count). The van der Waals surface area contributed by atoms with Gasteiger partial charge in [0.1, 0.15) is 30.2 Å². The summed E-state index contributed by atoms with van der Waals surface area (Å²) in [5, 5.41) is 42.8. The van der Waals surface area contributed by atoms with Gasteiger partial charge in [0.2, 0.25) is 0 Å². The number of benzene rings is 1. The van der Waals surface area contributed by atoms with E-state index in [-0.39, 0.29) is 22.9 Å². The minimum atomic E-state index is -1.28. The second-order valence-corrected chi connectivity index (χ2v) is 7.45. The van der Waals surface area contributed by atoms with Gasteiger partial charge in [-0.25, -0.2) is 15.0 Å². The molecule has 1 fully saturated rings. The molecular weight excluding hydrogens is 444 g/mol. The third-order valence-electron chi connectivity index (χ3n) is 4.94. The van der Waals surface area contributed by atoms with Gasteiger partial charge in [0.25, 0.3) is 5.91 Å². The number of anilines is 1. The number of nitrogens with one attached hydrogen (secondary N) is 1. The average Bonchev–Trinajstić information content (AvgIpc) is 3.30. The monoisotopic (exact) mass is 462 g/mol. The number of hydrogen-bond donors (Lipinski definition) is 6. The zero-order valence-electron chi connectivity index (χ0n) is 16.3. The van der Waals surface area contributed by atoms with Gasteiger partial charge in [-0.1, -0.05) is 23.8 Å². The minimum Gasteiger partial charge on any atom is -0.504 e. The molecule has 0 radical (unpaired) electrons. The summed E-state index contributed by atoms with van der Waals surface area (Å²) in [4.78, 5) is 24.3. The number of imidazole rings is 1. The molecule has 0 spiro atoms. The number of fused-ring (bicyclic) bond motifs is 1. The third-order valence-corrected chi connectivity index (χ3v) is 5.16. The molecule has 3 unspecified atom stereocenters. The number of halogens is 1. The first-order chi connectivity index (χ1) is 15.3. The normalized spacial score (nSPS) is 23.2. The molecule has 4 atom stereocenters. The number of rotatable bonds is 5. The van der Waals surface area contributed by atoms with E-state index in [2.05, 4.69) is 20.3 Å². The standard InChI is InChI=1S/C19H19ClN6O6/c20-8-4-9(13(28)10(27)5-8)18(31)22-3-1-2-11-14(29)15(30)19(32-11)26-7-25-12-16(21)23-6-24-17(12)26/h1-2,4-7,11,14-15,19,27-30H,3H2,(H,22,31)(H2,21,23,24)/t11?,14?,15-,19?/m1/s1. The van der Waals surface area contributed by atoms with Crippen molar-refractivity contribution in [2.75, 3.05) is 12.3 Å². The molecule has 1 aliphatic rings. The van der Waals surface area contributed by atoms with Crippen molar-refractivity contribution < 1.29 is 30.0 Å². The van der Waals surface area contributed by atoms with Gasteiger partial charge >= 0.3 is 0 Å². The van der Waals surface area contributed by atoms with Crippen LogP contribution >= 0.6 is 11.6 Å². The Hall–Kier alpha value is -3.45. The number of carbonyl (C=O) groups is 1. The van der Waals surface area contributed by atoms with Crippen LogP contribution in [-0.2, 0) is 4.74 Å². The highest BCUT2D eigenvalue weighted by Crippen LogP contribution is 2.33. The molecule has 0 aliphatic carbocycles. The highest BCUT2D eigenvalue weighted by atomic mass is 35.5. The fourth-order valence-electron chi connectivity index (χ4n) is 3.34. The van der Waals surface area contributed by atoms with Crippen molar-refractivity contribution in [1.29, 1.82) is 0 Å². The van der Waals surface area contributed by atoms with Gasteiger partial charge in [-0.15, -0.1) is 0 Å². The molecular formula is C19H19ClN6O6. The largest absolute Gasteiger partial charge is 0.504 e. The highest BCUT2D eigenvalue weighted by Gasteiger charge is 2.43. The smallest absolute Gasteiger partial charge is 0.255 e. The molecule has 7 N–H and O–H groups in total. The number of aromatic nitrogens is 4. The topological polar surface area (TPSA) is 189 Å². The molecule has 0 saturated carbocycles. The minimum absolute atomic E-state index is 0.0106. The average molecular weight is 463 g/mol. The Morgan fingerprint density at radius 2 is 2.03 bits per heavy atom. The van der Waals surface area contributed by atoms with E-state index in [0.29, 0.717) is 11.2 Å². The molecule has 2 aromatic heterocycles. The molecule has 13 heteroatoms. The maximum Gasteiger partial charge on any atom is 0.255 e. The van der Waals surface area contributed by atoms with Gasteiger partial charge in [-0.3, -0.25) is 9.36 Å². The maximum absolute atomic E-state index is 12.2. The lowest BCUT2D eigenvalue weighted by Gasteiger charge is -2.16. The van der Waals surface area contributed by atoms with Crippen molar-refractivity contribution in [3.63, 3.8) is 0 Å². The van der Waals surface area contributed by atoms with E-state index in [9.17, 15) is 25.2 Å². The Morgan fingerprint density at radius 3 is 2.81 bits per heavy atom. The van der Waals surface area contributed by atoms with Crippen molar-refractivity contribution >= 4 is 34.5 Å². The molecule has 32 heavy (non-hydrogen) atoms. The van der Waals surface area contributed by atoms with E-state index in [1.807, 2.05) is 0 Å². The number of nitrogens with zero attached hydrogens (tertiary/aromatic N) is 4. The number of phenolic OH excluding ortho intramolecular Hbond substituents is 2. The number of carbonyl (C=O) groups excluding carboxylic acids is 1. The Morgan fingerprint density at radius 1 is 1.25 bits per heavy atom. The quantitative estimate of drug-likeness (QED) is 0.223. The van der Waals surface area contributed by atoms with E-state index in [1.165, 1.54) is 35.4 Å². The highest BCUT2D eigenvalue weighted by molar-refractivity contribution is 6.31. The first-order valence-corrected chi connectivity index (χ1v) is 9.76. The molecule has 1 saturated heterocycles. The Labute approximate surface area is 185 Å². The summed E-state index contributed by atoms with van der Waals surface area (Å²) in [5.41, 5.74) is 6.26. The van der Waals surface area contributed by atoms with Crippen molar-refractivity contribution in [1.82, 2.24) is 24.8 Å². The SMILES string of the molecule is Nc1ncnc2c1ncn2C1OC(C=CCNC(=O)c2cc(Cl)cc(O)c2O)C(O)[C@H]1O. The third kappa shape index (κ3) is 3.91. The van der Waals surface area contributed by atoms with E-state index < -0.39 is 41.9 Å². The van der Waals surface area contributed by atoms with E-state index in [4.69, 9.17) is 22.1 Å². The first kappa shape index (κ1) is 21.8. The number of nitrogens with two attached hydrogens (primary N) is 1. The van der Waals surface area contributed by atoms with Crippen LogP contribution in [0.4, 0.5) is 5.82 Å². The summed E-state index contributed by atoms with van der Waals surface area (Å²) >= 11 is 5.79. The molecule has 1 aliphatic heterocycles. The summed E-state index contributed by atoms with van der Waals surface area (Å²) in [5.74, 6) is -1.60. The second-order valence-electron chi connectivity index (χ2n) is 7.01. The Bertz CT molecular complexity index is 1200. The first-order valence-electron chi connectivity index (χ1n) is 9.39.